The third kappa shape index (κ3) is 6.24. The van der Waals surface area contributed by atoms with Crippen LogP contribution in [-0.2, 0) is 32.9 Å². The molecule has 1 amide bonds. The van der Waals surface area contributed by atoms with E-state index in [-0.39, 0.29) is 12.3 Å². The van der Waals surface area contributed by atoms with E-state index in [1.165, 1.54) is 6.92 Å². The highest BCUT2D eigenvalue weighted by Crippen LogP contribution is 2.40. The lowest BCUT2D eigenvalue weighted by atomic mass is 10.1. The van der Waals surface area contributed by atoms with E-state index in [1.54, 1.807) is 0 Å². The molecule has 0 bridgehead atoms. The third-order valence-corrected chi connectivity index (χ3v) is 6.17. The van der Waals surface area contributed by atoms with E-state index < -0.39 is 70.8 Å². The van der Waals surface area contributed by atoms with Crippen molar-refractivity contribution in [3.8, 4) is 0 Å². The van der Waals surface area contributed by atoms with Gasteiger partial charge in [0.15, 0.2) is 6.17 Å². The van der Waals surface area contributed by atoms with Gasteiger partial charge in [0.25, 0.3) is 5.91 Å². The van der Waals surface area contributed by atoms with Crippen LogP contribution in [0.3, 0.4) is 0 Å². The second-order valence-corrected chi connectivity index (χ2v) is 8.96. The first-order chi connectivity index (χ1) is 19.5. The zero-order valence-electron chi connectivity index (χ0n) is 21.3. The molecule has 42 heavy (non-hydrogen) atoms. The summed E-state index contributed by atoms with van der Waals surface area (Å²) in [5.41, 5.74) is -4.68. The summed E-state index contributed by atoms with van der Waals surface area (Å²) in [6.45, 7) is 1.11. The zero-order valence-corrected chi connectivity index (χ0v) is 21.3. The van der Waals surface area contributed by atoms with E-state index >= 15 is 0 Å². The predicted octanol–water partition coefficient (Wildman–Crippen LogP) is 6.92. The highest BCUT2D eigenvalue weighted by molar-refractivity contribution is 6.10. The number of nitrogens with zero attached hydrogens (tertiary/aromatic N) is 2. The number of anilines is 3. The van der Waals surface area contributed by atoms with Gasteiger partial charge in [-0.1, -0.05) is 18.2 Å². The second-order valence-electron chi connectivity index (χ2n) is 8.96. The Morgan fingerprint density at radius 1 is 0.762 bits per heavy atom. The van der Waals surface area contributed by atoms with Crippen LogP contribution in [-0.4, -0.2) is 30.8 Å². The Labute approximate surface area is 232 Å². The monoisotopic (exact) mass is 605 g/mol. The molecule has 0 aromatic heterocycles. The van der Waals surface area contributed by atoms with Gasteiger partial charge in [0.2, 0.25) is 6.17 Å². The number of esters is 1. The molecule has 1 N–H and O–H groups in total. The summed E-state index contributed by atoms with van der Waals surface area (Å²) < 4.78 is 126. The average Bonchev–Trinajstić information content (AvgIpc) is 3.19. The molecule has 15 heteroatoms. The van der Waals surface area contributed by atoms with Crippen molar-refractivity contribution >= 4 is 28.9 Å². The van der Waals surface area contributed by atoms with Crippen LogP contribution < -0.4 is 15.1 Å². The first-order valence-electron chi connectivity index (χ1n) is 12.1. The number of ether oxygens (including phenoxy) is 1. The van der Waals surface area contributed by atoms with Gasteiger partial charge in [0.05, 0.1) is 23.3 Å². The molecule has 4 rings (SSSR count). The Kier molecular flexibility index (Phi) is 8.07. The maximum atomic E-state index is 13.8. The number of hydrogen-bond donors (Lipinski definition) is 1. The summed E-state index contributed by atoms with van der Waals surface area (Å²) in [6.07, 6.45) is -18.3. The quantitative estimate of drug-likeness (QED) is 0.244. The minimum Gasteiger partial charge on any atom is -0.463 e. The van der Waals surface area contributed by atoms with Crippen LogP contribution in [0.5, 0.6) is 0 Å². The molecule has 1 heterocycles. The van der Waals surface area contributed by atoms with Gasteiger partial charge >= 0.3 is 24.5 Å². The van der Waals surface area contributed by atoms with Crippen LogP contribution in [0.4, 0.5) is 56.6 Å². The number of hydrogen-bond acceptors (Lipinski definition) is 5. The number of alkyl halides is 9. The SMILES string of the molecule is CCOC(=O)C1N(c2cccc(C(F)(F)F)c2)C(=O)C(Nc2cccc(C(F)(F)F)c2)N1c1cccc(C(F)(F)F)c1. The standard InChI is InChI=1S/C27H20F9N3O3/c1-2-42-24(41)22-38(19-10-4-7-16(13-19)26(31,32)33)21(37-18-9-3-6-15(12-18)25(28,29)30)23(40)39(22)20-11-5-8-17(14-20)27(34,35)36/h3-14,21-22,37H,2H2,1H3. The van der Waals surface area contributed by atoms with Gasteiger partial charge in [-0.3, -0.25) is 9.69 Å². The van der Waals surface area contributed by atoms with Crippen LogP contribution in [0.2, 0.25) is 0 Å². The predicted molar refractivity (Wildman–Crippen MR) is 132 cm³/mol. The fourth-order valence-electron chi connectivity index (χ4n) is 4.38. The molecular weight excluding hydrogens is 585 g/mol. The highest BCUT2D eigenvalue weighted by atomic mass is 19.4. The molecule has 1 aliphatic heterocycles. The lowest BCUT2D eigenvalue weighted by Crippen LogP contribution is -2.49. The van der Waals surface area contributed by atoms with E-state index in [4.69, 9.17) is 4.74 Å². The molecule has 1 fully saturated rings. The molecule has 1 aliphatic rings. The molecule has 0 spiro atoms. The van der Waals surface area contributed by atoms with Crippen LogP contribution >= 0.6 is 0 Å². The molecule has 3 aromatic carbocycles. The summed E-state index contributed by atoms with van der Waals surface area (Å²) in [6, 6.07) is 10.2. The molecule has 2 unspecified atom stereocenters. The van der Waals surface area contributed by atoms with E-state index in [1.807, 2.05) is 0 Å². The van der Waals surface area contributed by atoms with Crippen molar-refractivity contribution in [2.75, 3.05) is 21.7 Å². The average molecular weight is 605 g/mol. The fraction of sp³-hybridized carbons (Fsp3) is 0.259. The first kappa shape index (κ1) is 30.5. The number of benzene rings is 3. The molecular formula is C27H20F9N3O3. The molecule has 224 valence electrons. The highest BCUT2D eigenvalue weighted by Gasteiger charge is 2.52. The summed E-state index contributed by atoms with van der Waals surface area (Å²) in [4.78, 5) is 28.5. The number of carbonyl (C=O) groups excluding carboxylic acids is 2. The third-order valence-electron chi connectivity index (χ3n) is 6.17. The van der Waals surface area contributed by atoms with Crippen molar-refractivity contribution < 1.29 is 53.8 Å². The molecule has 0 aliphatic carbocycles. The van der Waals surface area contributed by atoms with Gasteiger partial charge in [-0.15, -0.1) is 0 Å². The summed E-state index contributed by atoms with van der Waals surface area (Å²) in [5.74, 6) is -2.36. The van der Waals surface area contributed by atoms with Gasteiger partial charge in [0.1, 0.15) is 0 Å². The molecule has 3 aromatic rings. The van der Waals surface area contributed by atoms with E-state index in [0.29, 0.717) is 35.2 Å². The zero-order chi connectivity index (χ0) is 31.0. The summed E-state index contributed by atoms with van der Waals surface area (Å²) >= 11 is 0. The lowest BCUT2D eigenvalue weighted by molar-refractivity contribution is -0.144. The van der Waals surface area contributed by atoms with Gasteiger partial charge < -0.3 is 15.0 Å². The second kappa shape index (κ2) is 11.1. The Hall–Kier alpha value is -4.43. The van der Waals surface area contributed by atoms with E-state index in [2.05, 4.69) is 5.32 Å². The maximum absolute atomic E-state index is 13.8. The van der Waals surface area contributed by atoms with Crippen molar-refractivity contribution in [2.45, 2.75) is 37.8 Å². The maximum Gasteiger partial charge on any atom is 0.416 e. The molecule has 0 saturated carbocycles. The van der Waals surface area contributed by atoms with Crippen LogP contribution in [0.1, 0.15) is 23.6 Å². The molecule has 0 radical (unpaired) electrons. The number of carbonyl (C=O) groups is 2. The topological polar surface area (TPSA) is 61.9 Å². The Morgan fingerprint density at radius 3 is 1.76 bits per heavy atom. The van der Waals surface area contributed by atoms with Crippen LogP contribution in [0.15, 0.2) is 72.8 Å². The fourth-order valence-corrected chi connectivity index (χ4v) is 4.38. The lowest BCUT2D eigenvalue weighted by Gasteiger charge is -2.32. The Bertz CT molecular complexity index is 1470. The first-order valence-corrected chi connectivity index (χ1v) is 12.1. The van der Waals surface area contributed by atoms with Crippen molar-refractivity contribution in [1.29, 1.82) is 0 Å². The smallest absolute Gasteiger partial charge is 0.416 e. The number of rotatable bonds is 6. The van der Waals surface area contributed by atoms with Crippen molar-refractivity contribution in [2.24, 2.45) is 0 Å². The largest absolute Gasteiger partial charge is 0.463 e. The summed E-state index contributed by atoms with van der Waals surface area (Å²) in [7, 11) is 0. The molecule has 1 saturated heterocycles. The normalized spacial score (nSPS) is 17.9. The van der Waals surface area contributed by atoms with Crippen LogP contribution in [0.25, 0.3) is 0 Å². The van der Waals surface area contributed by atoms with Gasteiger partial charge in [0, 0.05) is 17.1 Å². The van der Waals surface area contributed by atoms with Crippen molar-refractivity contribution in [3.63, 3.8) is 0 Å². The molecule has 6 nitrogen and oxygen atoms in total. The Balaban J connectivity index is 1.92. The van der Waals surface area contributed by atoms with Crippen molar-refractivity contribution in [3.05, 3.63) is 89.5 Å². The van der Waals surface area contributed by atoms with Crippen molar-refractivity contribution in [1.82, 2.24) is 0 Å². The Morgan fingerprint density at radius 2 is 1.24 bits per heavy atom. The van der Waals surface area contributed by atoms with E-state index in [9.17, 15) is 49.1 Å². The minimum absolute atomic E-state index is 0.276. The van der Waals surface area contributed by atoms with Gasteiger partial charge in [-0.05, 0) is 61.5 Å². The molecule has 2 atom stereocenters. The van der Waals surface area contributed by atoms with Gasteiger partial charge in [-0.25, -0.2) is 4.79 Å². The number of nitrogens with one attached hydrogen (secondary N) is 1. The van der Waals surface area contributed by atoms with Crippen LogP contribution in [0, 0.1) is 0 Å². The number of halogens is 9. The van der Waals surface area contributed by atoms with Gasteiger partial charge in [-0.2, -0.15) is 39.5 Å². The minimum atomic E-state index is -4.87. The summed E-state index contributed by atoms with van der Waals surface area (Å²) in [5, 5.41) is 2.50. The number of amides is 1. The van der Waals surface area contributed by atoms with E-state index in [0.717, 1.165) is 47.4 Å².